The van der Waals surface area contributed by atoms with Crippen LogP contribution in [0, 0.1) is 6.92 Å². The Morgan fingerprint density at radius 3 is 2.79 bits per heavy atom. The van der Waals surface area contributed by atoms with Crippen LogP contribution in [0.15, 0.2) is 17.7 Å². The number of hydrogen-bond donors (Lipinski definition) is 2. The minimum Gasteiger partial charge on any atom is -0.322 e. The van der Waals surface area contributed by atoms with E-state index >= 15 is 0 Å². The molecule has 0 bridgehead atoms. The minimum atomic E-state index is 0.474. The van der Waals surface area contributed by atoms with Crippen molar-refractivity contribution in [2.75, 3.05) is 5.01 Å². The quantitative estimate of drug-likeness (QED) is 0.304. The standard InChI is InChI=1S/C8H12N6/c1-3-7-6(2)4-8(13-12-7)14(10)5-11-9/h3-5H,1,9-10H2,2H3/b11-5-. The van der Waals surface area contributed by atoms with E-state index in [-0.39, 0.29) is 0 Å². The van der Waals surface area contributed by atoms with Gasteiger partial charge in [0.1, 0.15) is 6.34 Å². The molecule has 0 amide bonds. The number of aryl methyl sites for hydroxylation is 1. The third-order valence-corrected chi connectivity index (χ3v) is 1.66. The summed E-state index contributed by atoms with van der Waals surface area (Å²) >= 11 is 0. The fraction of sp³-hybridized carbons (Fsp3) is 0.125. The number of hydrogen-bond acceptors (Lipinski definition) is 5. The lowest BCUT2D eigenvalue weighted by atomic mass is 10.2. The zero-order valence-corrected chi connectivity index (χ0v) is 7.88. The van der Waals surface area contributed by atoms with Gasteiger partial charge in [-0.05, 0) is 24.6 Å². The predicted octanol–water partition coefficient (Wildman–Crippen LogP) is 0.0101. The van der Waals surface area contributed by atoms with Gasteiger partial charge in [0, 0.05) is 0 Å². The zero-order valence-electron chi connectivity index (χ0n) is 7.88. The van der Waals surface area contributed by atoms with Gasteiger partial charge in [0.05, 0.1) is 5.69 Å². The maximum atomic E-state index is 5.54. The van der Waals surface area contributed by atoms with E-state index in [0.717, 1.165) is 11.3 Å². The highest BCUT2D eigenvalue weighted by molar-refractivity contribution is 5.75. The van der Waals surface area contributed by atoms with Crippen LogP contribution in [0.4, 0.5) is 5.82 Å². The van der Waals surface area contributed by atoms with Crippen molar-refractivity contribution in [1.29, 1.82) is 0 Å². The van der Waals surface area contributed by atoms with Gasteiger partial charge in [-0.15, -0.1) is 10.2 Å². The van der Waals surface area contributed by atoms with Gasteiger partial charge in [0.15, 0.2) is 5.82 Å². The highest BCUT2D eigenvalue weighted by Gasteiger charge is 2.03. The Morgan fingerprint density at radius 1 is 1.57 bits per heavy atom. The third-order valence-electron chi connectivity index (χ3n) is 1.66. The summed E-state index contributed by atoms with van der Waals surface area (Å²) in [5.41, 5.74) is 1.66. The first-order chi connectivity index (χ1) is 6.69. The van der Waals surface area contributed by atoms with Crippen LogP contribution in [-0.2, 0) is 0 Å². The Kier molecular flexibility index (Phi) is 3.14. The van der Waals surface area contributed by atoms with Crippen molar-refractivity contribution < 1.29 is 0 Å². The molecule has 0 radical (unpaired) electrons. The smallest absolute Gasteiger partial charge is 0.171 e. The minimum absolute atomic E-state index is 0.474. The summed E-state index contributed by atoms with van der Waals surface area (Å²) in [5, 5.41) is 12.2. The topological polar surface area (TPSA) is 93.4 Å². The Labute approximate surface area is 81.9 Å². The van der Waals surface area contributed by atoms with Gasteiger partial charge in [0.25, 0.3) is 0 Å². The molecule has 1 rings (SSSR count). The van der Waals surface area contributed by atoms with Crippen molar-refractivity contribution in [3.05, 3.63) is 23.9 Å². The van der Waals surface area contributed by atoms with Crippen molar-refractivity contribution in [1.82, 2.24) is 10.2 Å². The molecule has 0 aliphatic heterocycles. The summed E-state index contributed by atoms with van der Waals surface area (Å²) in [6, 6.07) is 1.77. The molecule has 0 fully saturated rings. The van der Waals surface area contributed by atoms with Gasteiger partial charge < -0.3 is 5.84 Å². The lowest BCUT2D eigenvalue weighted by Gasteiger charge is -2.10. The first-order valence-electron chi connectivity index (χ1n) is 3.93. The summed E-state index contributed by atoms with van der Waals surface area (Å²) in [6.07, 6.45) is 2.88. The lowest BCUT2D eigenvalue weighted by Crippen LogP contribution is -2.30. The summed E-state index contributed by atoms with van der Waals surface area (Å²) in [6.45, 7) is 5.50. The van der Waals surface area contributed by atoms with Crippen LogP contribution in [0.5, 0.6) is 0 Å². The third kappa shape index (κ3) is 2.05. The molecule has 0 unspecified atom stereocenters. The molecule has 0 aliphatic rings. The van der Waals surface area contributed by atoms with E-state index in [4.69, 9.17) is 11.7 Å². The second kappa shape index (κ2) is 4.33. The van der Waals surface area contributed by atoms with Crippen molar-refractivity contribution in [3.63, 3.8) is 0 Å². The van der Waals surface area contributed by atoms with Gasteiger partial charge >= 0.3 is 0 Å². The van der Waals surface area contributed by atoms with Crippen LogP contribution >= 0.6 is 0 Å². The molecular weight excluding hydrogens is 180 g/mol. The molecule has 4 N–H and O–H groups in total. The molecular formula is C8H12N6. The summed E-state index contributed by atoms with van der Waals surface area (Å²) in [4.78, 5) is 0. The van der Waals surface area contributed by atoms with Gasteiger partial charge in [-0.3, -0.25) is 0 Å². The number of aromatic nitrogens is 2. The molecule has 6 heteroatoms. The maximum Gasteiger partial charge on any atom is 0.171 e. The van der Waals surface area contributed by atoms with Crippen LogP contribution < -0.4 is 16.7 Å². The maximum absolute atomic E-state index is 5.54. The van der Waals surface area contributed by atoms with Gasteiger partial charge in [-0.2, -0.15) is 5.10 Å². The van der Waals surface area contributed by atoms with E-state index in [1.54, 1.807) is 12.1 Å². The molecule has 0 atom stereocenters. The SMILES string of the molecule is C=Cc1nnc(N(N)/C=N\N)cc1C. The highest BCUT2D eigenvalue weighted by atomic mass is 15.5. The average Bonchev–Trinajstić information content (AvgIpc) is 2.18. The Balaban J connectivity index is 3.02. The molecule has 74 valence electrons. The van der Waals surface area contributed by atoms with E-state index in [1.807, 2.05) is 6.92 Å². The monoisotopic (exact) mass is 192 g/mol. The average molecular weight is 192 g/mol. The van der Waals surface area contributed by atoms with Crippen LogP contribution in [-0.4, -0.2) is 16.5 Å². The van der Waals surface area contributed by atoms with Gasteiger partial charge in [0.2, 0.25) is 0 Å². The number of nitrogens with zero attached hydrogens (tertiary/aromatic N) is 4. The largest absolute Gasteiger partial charge is 0.322 e. The van der Waals surface area contributed by atoms with Crippen molar-refractivity contribution in [3.8, 4) is 0 Å². The first-order valence-corrected chi connectivity index (χ1v) is 3.93. The molecule has 0 spiro atoms. The molecule has 14 heavy (non-hydrogen) atoms. The van der Waals surface area contributed by atoms with E-state index in [0.29, 0.717) is 5.82 Å². The van der Waals surface area contributed by atoms with E-state index in [2.05, 4.69) is 21.9 Å². The van der Waals surface area contributed by atoms with E-state index in [9.17, 15) is 0 Å². The molecule has 0 saturated heterocycles. The van der Waals surface area contributed by atoms with Crippen molar-refractivity contribution >= 4 is 18.2 Å². The zero-order chi connectivity index (χ0) is 10.6. The number of anilines is 1. The fourth-order valence-electron chi connectivity index (χ4n) is 0.939. The second-order valence-corrected chi connectivity index (χ2v) is 2.65. The molecule has 6 nitrogen and oxygen atoms in total. The van der Waals surface area contributed by atoms with Crippen LogP contribution in [0.1, 0.15) is 11.3 Å². The normalized spacial score (nSPS) is 10.4. The molecule has 1 aromatic heterocycles. The molecule has 0 aliphatic carbocycles. The van der Waals surface area contributed by atoms with Crippen LogP contribution in [0.25, 0.3) is 6.08 Å². The fourth-order valence-corrected chi connectivity index (χ4v) is 0.939. The Bertz CT molecular complexity index is 359. The number of nitrogens with two attached hydrogens (primary N) is 2. The van der Waals surface area contributed by atoms with E-state index < -0.39 is 0 Å². The van der Waals surface area contributed by atoms with Gasteiger partial charge in [-0.1, -0.05) is 6.58 Å². The summed E-state index contributed by atoms with van der Waals surface area (Å²) < 4.78 is 0. The summed E-state index contributed by atoms with van der Waals surface area (Å²) in [5.74, 6) is 11.0. The van der Waals surface area contributed by atoms with Crippen molar-refractivity contribution in [2.45, 2.75) is 6.92 Å². The van der Waals surface area contributed by atoms with Crippen molar-refractivity contribution in [2.24, 2.45) is 16.8 Å². The van der Waals surface area contributed by atoms with Crippen LogP contribution in [0.3, 0.4) is 0 Å². The molecule has 0 aromatic carbocycles. The Morgan fingerprint density at radius 2 is 2.29 bits per heavy atom. The number of rotatable bonds is 3. The summed E-state index contributed by atoms with van der Waals surface area (Å²) in [7, 11) is 0. The van der Waals surface area contributed by atoms with Crippen LogP contribution in [0.2, 0.25) is 0 Å². The molecule has 1 aromatic rings. The predicted molar refractivity (Wildman–Crippen MR) is 56.2 cm³/mol. The van der Waals surface area contributed by atoms with Gasteiger partial charge in [-0.25, -0.2) is 10.9 Å². The number of hydrazine groups is 1. The Hall–Kier alpha value is -1.95. The number of hydrazone groups is 1. The lowest BCUT2D eigenvalue weighted by molar-refractivity contribution is 0.952. The first kappa shape index (κ1) is 10.1. The molecule has 0 saturated carbocycles. The second-order valence-electron chi connectivity index (χ2n) is 2.65. The van der Waals surface area contributed by atoms with E-state index in [1.165, 1.54) is 11.3 Å². The highest BCUT2D eigenvalue weighted by Crippen LogP contribution is 2.10. The molecule has 1 heterocycles.